The first-order valence-corrected chi connectivity index (χ1v) is 10.1. The molecule has 1 amide bonds. The molecule has 0 radical (unpaired) electrons. The first-order chi connectivity index (χ1) is 13.8. The lowest BCUT2D eigenvalue weighted by Gasteiger charge is -2.14. The first kappa shape index (κ1) is 21.4. The second-order valence-electron chi connectivity index (χ2n) is 6.62. The van der Waals surface area contributed by atoms with Crippen LogP contribution in [0.4, 0.5) is 18.9 Å². The molecule has 2 N–H and O–H groups in total. The molecule has 0 atom stereocenters. The molecule has 0 unspecified atom stereocenters. The molecule has 3 rings (SSSR count). The van der Waals surface area contributed by atoms with Crippen LogP contribution in [0.3, 0.4) is 0 Å². The van der Waals surface area contributed by atoms with Crippen molar-refractivity contribution in [2.45, 2.75) is 43.4 Å². The van der Waals surface area contributed by atoms with E-state index in [1.165, 1.54) is 12.1 Å². The van der Waals surface area contributed by atoms with E-state index in [1.807, 2.05) is 0 Å². The smallest absolute Gasteiger partial charge is 0.396 e. The molecule has 2 aromatic rings. The van der Waals surface area contributed by atoms with Crippen molar-refractivity contribution in [3.05, 3.63) is 51.6 Å². The molecule has 0 saturated carbocycles. The van der Waals surface area contributed by atoms with Gasteiger partial charge in [0.1, 0.15) is 5.03 Å². The van der Waals surface area contributed by atoms with Gasteiger partial charge in [-0.3, -0.25) is 9.36 Å². The van der Waals surface area contributed by atoms with Crippen molar-refractivity contribution in [2.75, 3.05) is 17.7 Å². The van der Waals surface area contributed by atoms with Gasteiger partial charge >= 0.3 is 11.9 Å². The summed E-state index contributed by atoms with van der Waals surface area (Å²) in [6.45, 7) is 0.374. The first-order valence-electron chi connectivity index (χ1n) is 9.13. The minimum Gasteiger partial charge on any atom is -0.396 e. The molecule has 1 aliphatic rings. The molecule has 0 saturated heterocycles. The lowest BCUT2D eigenvalue weighted by molar-refractivity contribution is -0.137. The van der Waals surface area contributed by atoms with Crippen LogP contribution in [0.1, 0.15) is 29.7 Å². The molecule has 0 fully saturated rings. The van der Waals surface area contributed by atoms with Gasteiger partial charge in [-0.25, -0.2) is 4.79 Å². The minimum atomic E-state index is -4.49. The second-order valence-corrected chi connectivity index (χ2v) is 7.59. The third kappa shape index (κ3) is 5.18. The Bertz CT molecular complexity index is 960. The fourth-order valence-electron chi connectivity index (χ4n) is 3.27. The minimum absolute atomic E-state index is 0.0204. The van der Waals surface area contributed by atoms with E-state index < -0.39 is 23.3 Å². The molecule has 0 spiro atoms. The van der Waals surface area contributed by atoms with Crippen LogP contribution in [0, 0.1) is 0 Å². The van der Waals surface area contributed by atoms with Gasteiger partial charge in [0.05, 0.1) is 11.3 Å². The number of aliphatic hydroxyl groups is 1. The van der Waals surface area contributed by atoms with Crippen LogP contribution < -0.4 is 11.0 Å². The zero-order valence-corrected chi connectivity index (χ0v) is 16.3. The number of nitrogens with zero attached hydrogens (tertiary/aromatic N) is 2. The maximum atomic E-state index is 12.8. The highest BCUT2D eigenvalue weighted by molar-refractivity contribution is 8.00. The zero-order chi connectivity index (χ0) is 21.0. The maximum absolute atomic E-state index is 12.8. The Morgan fingerprint density at radius 3 is 2.83 bits per heavy atom. The molecular formula is C19H20F3N3O3S. The Balaban J connectivity index is 1.69. The largest absolute Gasteiger partial charge is 0.416 e. The summed E-state index contributed by atoms with van der Waals surface area (Å²) in [4.78, 5) is 28.6. The monoisotopic (exact) mass is 427 g/mol. The van der Waals surface area contributed by atoms with Crippen LogP contribution >= 0.6 is 11.8 Å². The summed E-state index contributed by atoms with van der Waals surface area (Å²) in [5, 5.41) is 11.9. The van der Waals surface area contributed by atoms with E-state index >= 15 is 0 Å². The fraction of sp³-hybridized carbons (Fsp3) is 0.421. The number of thioether (sulfide) groups is 1. The molecule has 6 nitrogen and oxygen atoms in total. The van der Waals surface area contributed by atoms with Gasteiger partial charge in [-0.15, -0.1) is 0 Å². The lowest BCUT2D eigenvalue weighted by Crippen LogP contribution is -2.28. The van der Waals surface area contributed by atoms with Gasteiger partial charge in [0, 0.05) is 30.1 Å². The number of carbonyl (C=O) groups excluding carboxylic acids is 1. The number of aliphatic hydroxyl groups excluding tert-OH is 1. The summed E-state index contributed by atoms with van der Waals surface area (Å²) in [6.07, 6.45) is -1.66. The van der Waals surface area contributed by atoms with Gasteiger partial charge < -0.3 is 10.4 Å². The normalized spacial score (nSPS) is 13.4. The Morgan fingerprint density at radius 1 is 1.31 bits per heavy atom. The highest BCUT2D eigenvalue weighted by Crippen LogP contribution is 2.31. The van der Waals surface area contributed by atoms with Crippen LogP contribution in [0.2, 0.25) is 0 Å². The molecular weight excluding hydrogens is 407 g/mol. The van der Waals surface area contributed by atoms with Crippen molar-refractivity contribution in [3.63, 3.8) is 0 Å². The van der Waals surface area contributed by atoms with Crippen molar-refractivity contribution in [1.29, 1.82) is 0 Å². The summed E-state index contributed by atoms with van der Waals surface area (Å²) < 4.78 is 39.9. The Kier molecular flexibility index (Phi) is 6.63. The van der Waals surface area contributed by atoms with E-state index in [-0.39, 0.29) is 18.0 Å². The molecule has 29 heavy (non-hydrogen) atoms. The Labute approximate surface area is 169 Å². The van der Waals surface area contributed by atoms with E-state index in [0.717, 1.165) is 54.4 Å². The molecule has 0 bridgehead atoms. The zero-order valence-electron chi connectivity index (χ0n) is 15.5. The molecule has 1 heterocycles. The van der Waals surface area contributed by atoms with E-state index in [4.69, 9.17) is 5.11 Å². The molecule has 1 aromatic heterocycles. The highest BCUT2D eigenvalue weighted by Gasteiger charge is 2.30. The number of hydrogen-bond donors (Lipinski definition) is 2. The maximum Gasteiger partial charge on any atom is 0.416 e. The van der Waals surface area contributed by atoms with E-state index in [2.05, 4.69) is 10.3 Å². The number of hydrogen-bond acceptors (Lipinski definition) is 5. The topological polar surface area (TPSA) is 84.2 Å². The Morgan fingerprint density at radius 2 is 2.10 bits per heavy atom. The average molecular weight is 427 g/mol. The summed E-state index contributed by atoms with van der Waals surface area (Å²) >= 11 is 1.10. The predicted octanol–water partition coefficient (Wildman–Crippen LogP) is 2.86. The third-order valence-electron chi connectivity index (χ3n) is 4.55. The van der Waals surface area contributed by atoms with E-state index in [0.29, 0.717) is 18.0 Å². The Hall–Kier alpha value is -2.33. The SMILES string of the molecule is O=C(CSc1nc(=O)n(CCCO)c2c1CCC2)Nc1cccc(C(F)(F)F)c1. The molecule has 1 aromatic carbocycles. The van der Waals surface area contributed by atoms with Gasteiger partial charge in [-0.1, -0.05) is 17.8 Å². The molecule has 156 valence electrons. The molecule has 1 aliphatic carbocycles. The number of fused-ring (bicyclic) bond motifs is 1. The number of nitrogens with one attached hydrogen (secondary N) is 1. The van der Waals surface area contributed by atoms with Gasteiger partial charge in [0.2, 0.25) is 5.91 Å². The summed E-state index contributed by atoms with van der Waals surface area (Å²) in [7, 11) is 0. The van der Waals surface area contributed by atoms with Crippen molar-refractivity contribution >= 4 is 23.4 Å². The number of alkyl halides is 3. The van der Waals surface area contributed by atoms with Gasteiger partial charge in [-0.05, 0) is 43.9 Å². The summed E-state index contributed by atoms with van der Waals surface area (Å²) in [5.74, 6) is -0.553. The number of aromatic nitrogens is 2. The van der Waals surface area contributed by atoms with Crippen LogP contribution in [0.5, 0.6) is 0 Å². The fourth-order valence-corrected chi connectivity index (χ4v) is 4.15. The van der Waals surface area contributed by atoms with Crippen LogP contribution in [-0.4, -0.2) is 32.9 Å². The quantitative estimate of drug-likeness (QED) is 0.524. The lowest BCUT2D eigenvalue weighted by atomic mass is 10.2. The van der Waals surface area contributed by atoms with Crippen LogP contribution in [-0.2, 0) is 30.4 Å². The molecule has 0 aliphatic heterocycles. The molecule has 10 heteroatoms. The van der Waals surface area contributed by atoms with Crippen molar-refractivity contribution in [1.82, 2.24) is 9.55 Å². The number of benzene rings is 1. The third-order valence-corrected chi connectivity index (χ3v) is 5.57. The summed E-state index contributed by atoms with van der Waals surface area (Å²) in [5.41, 5.74) is 0.621. The predicted molar refractivity (Wildman–Crippen MR) is 103 cm³/mol. The van der Waals surface area contributed by atoms with Crippen molar-refractivity contribution < 1.29 is 23.1 Å². The average Bonchev–Trinajstić information content (AvgIpc) is 3.15. The van der Waals surface area contributed by atoms with E-state index in [9.17, 15) is 22.8 Å². The number of anilines is 1. The van der Waals surface area contributed by atoms with Gasteiger partial charge in [0.15, 0.2) is 0 Å². The van der Waals surface area contributed by atoms with E-state index in [1.54, 1.807) is 4.57 Å². The summed E-state index contributed by atoms with van der Waals surface area (Å²) in [6, 6.07) is 4.42. The van der Waals surface area contributed by atoms with Crippen molar-refractivity contribution in [3.8, 4) is 0 Å². The van der Waals surface area contributed by atoms with Gasteiger partial charge in [-0.2, -0.15) is 18.2 Å². The van der Waals surface area contributed by atoms with Crippen molar-refractivity contribution in [2.24, 2.45) is 0 Å². The highest BCUT2D eigenvalue weighted by atomic mass is 32.2. The second kappa shape index (κ2) is 9.00. The number of amides is 1. The number of halogens is 3. The number of carbonyl (C=O) groups is 1. The van der Waals surface area contributed by atoms with Gasteiger partial charge in [0.25, 0.3) is 0 Å². The van der Waals surface area contributed by atoms with Crippen LogP contribution in [0.15, 0.2) is 34.1 Å². The van der Waals surface area contributed by atoms with Crippen LogP contribution in [0.25, 0.3) is 0 Å². The number of rotatable bonds is 7. The standard InChI is InChI=1S/C19H20F3N3O3S/c20-19(21,22)12-4-1-5-13(10-12)23-16(27)11-29-17-14-6-2-7-15(14)25(8-3-9-26)18(28)24-17/h1,4-5,10,26H,2-3,6-9,11H2,(H,23,27).